The Morgan fingerprint density at radius 1 is 1.26 bits per heavy atom. The Bertz CT molecular complexity index is 556. The zero-order chi connectivity index (χ0) is 13.7. The molecule has 2 aromatic heterocycles. The summed E-state index contributed by atoms with van der Waals surface area (Å²) in [6.07, 6.45) is 1.71. The molecule has 0 spiro atoms. The molecule has 0 radical (unpaired) electrons. The average Bonchev–Trinajstić information content (AvgIpc) is 2.45. The molecule has 0 unspecified atom stereocenters. The first-order valence-electron chi connectivity index (χ1n) is 6.12. The summed E-state index contributed by atoms with van der Waals surface area (Å²) in [4.78, 5) is 22.3. The third-order valence-electron chi connectivity index (χ3n) is 2.74. The van der Waals surface area contributed by atoms with Gasteiger partial charge >= 0.3 is 0 Å². The number of aromatic nitrogens is 2. The third-order valence-corrected chi connectivity index (χ3v) is 2.74. The van der Waals surface area contributed by atoms with Crippen LogP contribution in [0.4, 0.5) is 5.82 Å². The van der Waals surface area contributed by atoms with Gasteiger partial charge < -0.3 is 10.6 Å². The molecule has 0 bridgehead atoms. The lowest BCUT2D eigenvalue weighted by atomic mass is 10.2. The summed E-state index contributed by atoms with van der Waals surface area (Å²) >= 11 is 0. The van der Waals surface area contributed by atoms with E-state index in [0.29, 0.717) is 24.6 Å². The van der Waals surface area contributed by atoms with Crippen molar-refractivity contribution in [1.29, 1.82) is 0 Å². The minimum atomic E-state index is -0.138. The Labute approximate surface area is 112 Å². The van der Waals surface area contributed by atoms with Crippen molar-refractivity contribution in [3.63, 3.8) is 0 Å². The van der Waals surface area contributed by atoms with Crippen LogP contribution in [0.15, 0.2) is 42.6 Å². The molecule has 2 aromatic rings. The van der Waals surface area contributed by atoms with Crippen LogP contribution < -0.4 is 5.73 Å². The topological polar surface area (TPSA) is 72.1 Å². The lowest BCUT2D eigenvalue weighted by Gasteiger charge is -2.20. The average molecular weight is 256 g/mol. The van der Waals surface area contributed by atoms with Gasteiger partial charge in [0.2, 0.25) is 0 Å². The minimum Gasteiger partial charge on any atom is -0.384 e. The number of hydrogen-bond donors (Lipinski definition) is 1. The van der Waals surface area contributed by atoms with Crippen LogP contribution >= 0.6 is 0 Å². The number of nitrogens with two attached hydrogens (primary N) is 1. The molecule has 0 fully saturated rings. The van der Waals surface area contributed by atoms with Gasteiger partial charge in [-0.2, -0.15) is 0 Å². The molecule has 0 aromatic carbocycles. The molecule has 5 heteroatoms. The second kappa shape index (κ2) is 5.95. The van der Waals surface area contributed by atoms with Gasteiger partial charge in [-0.05, 0) is 31.2 Å². The second-order valence-corrected chi connectivity index (χ2v) is 4.09. The Morgan fingerprint density at radius 3 is 2.74 bits per heavy atom. The van der Waals surface area contributed by atoms with Crippen LogP contribution in [0.5, 0.6) is 0 Å². The van der Waals surface area contributed by atoms with Crippen LogP contribution in [0.1, 0.15) is 23.1 Å². The van der Waals surface area contributed by atoms with E-state index in [9.17, 15) is 4.79 Å². The quantitative estimate of drug-likeness (QED) is 0.904. The fourth-order valence-corrected chi connectivity index (χ4v) is 1.75. The SMILES string of the molecule is CCN(Cc1ccccn1)C(=O)c1cccc(N)n1. The molecule has 2 heterocycles. The van der Waals surface area contributed by atoms with Crippen molar-refractivity contribution in [1.82, 2.24) is 14.9 Å². The van der Waals surface area contributed by atoms with Crippen LogP contribution in [-0.4, -0.2) is 27.3 Å². The van der Waals surface area contributed by atoms with E-state index in [1.165, 1.54) is 0 Å². The predicted molar refractivity (Wildman–Crippen MR) is 73.3 cm³/mol. The highest BCUT2D eigenvalue weighted by Crippen LogP contribution is 2.08. The van der Waals surface area contributed by atoms with Crippen LogP contribution in [0.25, 0.3) is 0 Å². The summed E-state index contributed by atoms with van der Waals surface area (Å²) in [6.45, 7) is 2.98. The molecule has 5 nitrogen and oxygen atoms in total. The number of nitrogen functional groups attached to an aromatic ring is 1. The molecule has 0 saturated carbocycles. The maximum absolute atomic E-state index is 12.3. The van der Waals surface area contributed by atoms with E-state index in [1.807, 2.05) is 25.1 Å². The third kappa shape index (κ3) is 3.28. The number of carbonyl (C=O) groups excluding carboxylic acids is 1. The molecule has 19 heavy (non-hydrogen) atoms. The van der Waals surface area contributed by atoms with Crippen LogP contribution in [0.2, 0.25) is 0 Å². The Hall–Kier alpha value is -2.43. The van der Waals surface area contributed by atoms with E-state index in [0.717, 1.165) is 5.69 Å². The van der Waals surface area contributed by atoms with Crippen molar-refractivity contribution in [2.45, 2.75) is 13.5 Å². The summed E-state index contributed by atoms with van der Waals surface area (Å²) in [6, 6.07) is 10.7. The van der Waals surface area contributed by atoms with Crippen molar-refractivity contribution in [2.24, 2.45) is 0 Å². The van der Waals surface area contributed by atoms with Crippen molar-refractivity contribution >= 4 is 11.7 Å². The molecule has 0 aliphatic carbocycles. The molecular formula is C14H16N4O. The van der Waals surface area contributed by atoms with Gasteiger partial charge in [-0.25, -0.2) is 4.98 Å². The summed E-state index contributed by atoms with van der Waals surface area (Å²) < 4.78 is 0. The molecule has 2 rings (SSSR count). The van der Waals surface area contributed by atoms with Crippen LogP contribution in [0, 0.1) is 0 Å². The van der Waals surface area contributed by atoms with E-state index >= 15 is 0 Å². The van der Waals surface area contributed by atoms with Crippen molar-refractivity contribution in [3.05, 3.63) is 54.0 Å². The molecular weight excluding hydrogens is 240 g/mol. The second-order valence-electron chi connectivity index (χ2n) is 4.09. The number of anilines is 1. The molecule has 0 aliphatic heterocycles. The number of amides is 1. The van der Waals surface area contributed by atoms with Gasteiger partial charge in [-0.3, -0.25) is 9.78 Å². The van der Waals surface area contributed by atoms with E-state index in [2.05, 4.69) is 9.97 Å². The maximum atomic E-state index is 12.3. The number of nitrogens with zero attached hydrogens (tertiary/aromatic N) is 3. The van der Waals surface area contributed by atoms with Gasteiger partial charge in [-0.1, -0.05) is 12.1 Å². The van der Waals surface area contributed by atoms with Gasteiger partial charge in [0, 0.05) is 12.7 Å². The number of carbonyl (C=O) groups is 1. The van der Waals surface area contributed by atoms with E-state index in [1.54, 1.807) is 29.3 Å². The van der Waals surface area contributed by atoms with E-state index in [-0.39, 0.29) is 5.91 Å². The normalized spacial score (nSPS) is 10.2. The van der Waals surface area contributed by atoms with Crippen LogP contribution in [0.3, 0.4) is 0 Å². The number of pyridine rings is 2. The van der Waals surface area contributed by atoms with E-state index in [4.69, 9.17) is 5.73 Å². The van der Waals surface area contributed by atoms with Crippen molar-refractivity contribution < 1.29 is 4.79 Å². The highest BCUT2D eigenvalue weighted by atomic mass is 16.2. The fourth-order valence-electron chi connectivity index (χ4n) is 1.75. The standard InChI is InChI=1S/C14H16N4O/c1-2-18(10-11-6-3-4-9-16-11)14(19)12-7-5-8-13(15)17-12/h3-9H,2,10H2,1H3,(H2,15,17). The first-order chi connectivity index (χ1) is 9.20. The molecule has 1 amide bonds. The number of hydrogen-bond acceptors (Lipinski definition) is 4. The first kappa shape index (κ1) is 13.0. The monoisotopic (exact) mass is 256 g/mol. The molecule has 0 saturated heterocycles. The van der Waals surface area contributed by atoms with E-state index < -0.39 is 0 Å². The first-order valence-corrected chi connectivity index (χ1v) is 6.12. The summed E-state index contributed by atoms with van der Waals surface area (Å²) in [7, 11) is 0. The van der Waals surface area contributed by atoms with Gasteiger partial charge in [0.05, 0.1) is 12.2 Å². The zero-order valence-electron chi connectivity index (χ0n) is 10.8. The van der Waals surface area contributed by atoms with Gasteiger partial charge in [0.25, 0.3) is 5.91 Å². The van der Waals surface area contributed by atoms with Gasteiger partial charge in [0.15, 0.2) is 0 Å². The number of rotatable bonds is 4. The summed E-state index contributed by atoms with van der Waals surface area (Å²) in [5, 5.41) is 0. The molecule has 98 valence electrons. The Kier molecular flexibility index (Phi) is 4.07. The summed E-state index contributed by atoms with van der Waals surface area (Å²) in [5.74, 6) is 0.209. The maximum Gasteiger partial charge on any atom is 0.272 e. The Morgan fingerprint density at radius 2 is 2.11 bits per heavy atom. The smallest absolute Gasteiger partial charge is 0.272 e. The molecule has 0 atom stereocenters. The van der Waals surface area contributed by atoms with Gasteiger partial charge in [-0.15, -0.1) is 0 Å². The molecule has 0 aliphatic rings. The molecule has 2 N–H and O–H groups in total. The lowest BCUT2D eigenvalue weighted by molar-refractivity contribution is 0.0745. The zero-order valence-corrected chi connectivity index (χ0v) is 10.8. The van der Waals surface area contributed by atoms with Crippen molar-refractivity contribution in [3.8, 4) is 0 Å². The summed E-state index contributed by atoms with van der Waals surface area (Å²) in [5.41, 5.74) is 6.80. The van der Waals surface area contributed by atoms with Gasteiger partial charge in [0.1, 0.15) is 11.5 Å². The fraction of sp³-hybridized carbons (Fsp3) is 0.214. The minimum absolute atomic E-state index is 0.138. The lowest BCUT2D eigenvalue weighted by Crippen LogP contribution is -2.31. The van der Waals surface area contributed by atoms with Crippen LogP contribution in [-0.2, 0) is 6.54 Å². The predicted octanol–water partition coefficient (Wildman–Crippen LogP) is 1.72. The highest BCUT2D eigenvalue weighted by molar-refractivity contribution is 5.92. The van der Waals surface area contributed by atoms with Crippen molar-refractivity contribution in [2.75, 3.05) is 12.3 Å². The largest absolute Gasteiger partial charge is 0.384 e. The Balaban J connectivity index is 2.16. The highest BCUT2D eigenvalue weighted by Gasteiger charge is 2.16.